The van der Waals surface area contributed by atoms with Gasteiger partial charge in [-0.25, -0.2) is 4.98 Å². The molecule has 3 rings (SSSR count). The predicted molar refractivity (Wildman–Crippen MR) is 169 cm³/mol. The van der Waals surface area contributed by atoms with Crippen LogP contribution >= 0.6 is 23.2 Å². The van der Waals surface area contributed by atoms with Crippen LogP contribution in [0.3, 0.4) is 0 Å². The van der Waals surface area contributed by atoms with Crippen molar-refractivity contribution in [1.29, 1.82) is 0 Å². The van der Waals surface area contributed by atoms with Crippen molar-refractivity contribution in [3.05, 3.63) is 70.6 Å². The molecule has 0 atom stereocenters. The summed E-state index contributed by atoms with van der Waals surface area (Å²) in [7, 11) is 0. The first kappa shape index (κ1) is 40.0. The Morgan fingerprint density at radius 3 is 2.00 bits per heavy atom. The molecule has 2 aromatic heterocycles. The Morgan fingerprint density at radius 1 is 1.00 bits per heavy atom. The van der Waals surface area contributed by atoms with E-state index in [-0.39, 0.29) is 25.1 Å². The summed E-state index contributed by atoms with van der Waals surface area (Å²) in [4.78, 5) is 19.0. The third-order valence-electron chi connectivity index (χ3n) is 3.66. The Hall–Kier alpha value is -2.54. The average Bonchev–Trinajstić information content (AvgIpc) is 3.43. The number of carbonyl (C=O) groups excluding carboxylic acids is 1. The summed E-state index contributed by atoms with van der Waals surface area (Å²) in [5, 5.41) is 15.8. The van der Waals surface area contributed by atoms with E-state index in [0.717, 1.165) is 22.0 Å². The van der Waals surface area contributed by atoms with Gasteiger partial charge in [-0.1, -0.05) is 103 Å². The molecular weight excluding hydrogens is 519 g/mol. The first-order valence-corrected chi connectivity index (χ1v) is 14.3. The standard InChI is InChI=1S/C15H19ClN4O2.C6H5Cl.C3H8.3C2H6/c1-9(2)20-14-6-11(12(16)8-19-14)10-5-13(18-7-10)15(22)17-3-4-21;7-6-4-2-1-3-5-6;1-3-2;3*1-2/h5-9,18,21H,3-4H2,1-2H3,(H,17,22)(H,19,20);1-5H;3H2,1-2H3;3*1-2H3. The van der Waals surface area contributed by atoms with Gasteiger partial charge in [0.25, 0.3) is 5.91 Å². The largest absolute Gasteiger partial charge is 0.395 e. The van der Waals surface area contributed by atoms with Gasteiger partial charge in [0.1, 0.15) is 11.5 Å². The summed E-state index contributed by atoms with van der Waals surface area (Å²) in [5.41, 5.74) is 2.00. The van der Waals surface area contributed by atoms with Gasteiger partial charge in [-0.3, -0.25) is 4.79 Å². The summed E-state index contributed by atoms with van der Waals surface area (Å²) in [6, 6.07) is 13.3. The minimum absolute atomic E-state index is 0.0975. The molecule has 0 spiro atoms. The third kappa shape index (κ3) is 18.7. The maximum Gasteiger partial charge on any atom is 0.267 e. The summed E-state index contributed by atoms with van der Waals surface area (Å²) in [5.74, 6) is 0.452. The molecule has 38 heavy (non-hydrogen) atoms. The Kier molecular flexibility index (Phi) is 28.9. The highest BCUT2D eigenvalue weighted by Crippen LogP contribution is 2.30. The second kappa shape index (κ2) is 27.5. The number of halogens is 2. The maximum absolute atomic E-state index is 11.8. The lowest BCUT2D eigenvalue weighted by molar-refractivity contribution is 0.0940. The molecule has 0 aliphatic rings. The number of hydrogen-bond donors (Lipinski definition) is 4. The number of aromatic nitrogens is 2. The smallest absolute Gasteiger partial charge is 0.267 e. The van der Waals surface area contributed by atoms with Crippen LogP contribution in [0.2, 0.25) is 10.0 Å². The second-order valence-electron chi connectivity index (χ2n) is 7.13. The molecule has 2 heterocycles. The number of amides is 1. The molecule has 0 saturated heterocycles. The quantitative estimate of drug-likeness (QED) is 0.238. The number of aliphatic hydroxyl groups excluding tert-OH is 1. The average molecular weight is 570 g/mol. The van der Waals surface area contributed by atoms with Crippen molar-refractivity contribution in [1.82, 2.24) is 15.3 Å². The lowest BCUT2D eigenvalue weighted by atomic mass is 10.1. The fourth-order valence-corrected chi connectivity index (χ4v) is 2.75. The molecule has 0 aliphatic heterocycles. The van der Waals surface area contributed by atoms with Gasteiger partial charge < -0.3 is 20.7 Å². The maximum atomic E-state index is 11.8. The number of H-pyrrole nitrogens is 1. The first-order chi connectivity index (χ1) is 18.3. The van der Waals surface area contributed by atoms with E-state index in [1.165, 1.54) is 6.42 Å². The lowest BCUT2D eigenvalue weighted by Crippen LogP contribution is -2.26. The van der Waals surface area contributed by atoms with Gasteiger partial charge >= 0.3 is 0 Å². The zero-order valence-corrected chi connectivity index (χ0v) is 26.5. The highest BCUT2D eigenvalue weighted by Gasteiger charge is 2.12. The molecule has 8 heteroatoms. The number of carbonyl (C=O) groups is 1. The van der Waals surface area contributed by atoms with Crippen LogP contribution in [0, 0.1) is 0 Å². The monoisotopic (exact) mass is 568 g/mol. The van der Waals surface area contributed by atoms with E-state index in [9.17, 15) is 4.79 Å². The van der Waals surface area contributed by atoms with Crippen LogP contribution in [0.15, 0.2) is 54.9 Å². The molecule has 0 saturated carbocycles. The third-order valence-corrected chi connectivity index (χ3v) is 4.21. The number of benzene rings is 1. The van der Waals surface area contributed by atoms with Gasteiger partial charge in [0, 0.05) is 41.1 Å². The Balaban J connectivity index is -0.000000631. The van der Waals surface area contributed by atoms with Crippen molar-refractivity contribution in [2.45, 2.75) is 81.7 Å². The van der Waals surface area contributed by atoms with Crippen LogP contribution < -0.4 is 10.6 Å². The van der Waals surface area contributed by atoms with E-state index in [0.29, 0.717) is 10.7 Å². The minimum atomic E-state index is -0.272. The van der Waals surface area contributed by atoms with Crippen molar-refractivity contribution in [2.24, 2.45) is 0 Å². The van der Waals surface area contributed by atoms with Crippen LogP contribution in [0.5, 0.6) is 0 Å². The van der Waals surface area contributed by atoms with E-state index >= 15 is 0 Å². The van der Waals surface area contributed by atoms with E-state index < -0.39 is 0 Å². The van der Waals surface area contributed by atoms with Gasteiger partial charge in [0.2, 0.25) is 0 Å². The van der Waals surface area contributed by atoms with Gasteiger partial charge in [-0.2, -0.15) is 0 Å². The van der Waals surface area contributed by atoms with Crippen molar-refractivity contribution < 1.29 is 9.90 Å². The van der Waals surface area contributed by atoms with Gasteiger partial charge in [0.05, 0.1) is 11.6 Å². The second-order valence-corrected chi connectivity index (χ2v) is 7.98. The summed E-state index contributed by atoms with van der Waals surface area (Å²) in [6.07, 6.45) is 4.55. The predicted octanol–water partition coefficient (Wildman–Crippen LogP) is 9.11. The van der Waals surface area contributed by atoms with Crippen LogP contribution in [0.1, 0.15) is 86.1 Å². The molecule has 1 amide bonds. The topological polar surface area (TPSA) is 90.0 Å². The number of hydrogen-bond acceptors (Lipinski definition) is 4. The van der Waals surface area contributed by atoms with Gasteiger partial charge in [-0.15, -0.1) is 0 Å². The fraction of sp³-hybridized carbons (Fsp3) is 0.467. The number of nitrogens with zero attached hydrogens (tertiary/aromatic N) is 1. The zero-order chi connectivity index (χ0) is 29.9. The van der Waals surface area contributed by atoms with Crippen molar-refractivity contribution in [3.63, 3.8) is 0 Å². The number of anilines is 1. The first-order valence-electron chi connectivity index (χ1n) is 13.5. The number of rotatable bonds is 6. The van der Waals surface area contributed by atoms with Crippen molar-refractivity contribution in [2.75, 3.05) is 18.5 Å². The molecule has 0 bridgehead atoms. The Morgan fingerprint density at radius 2 is 1.55 bits per heavy atom. The lowest BCUT2D eigenvalue weighted by Gasteiger charge is -2.10. The van der Waals surface area contributed by atoms with Crippen molar-refractivity contribution >= 4 is 34.9 Å². The molecule has 0 radical (unpaired) electrons. The Bertz CT molecular complexity index is 933. The number of aliphatic hydroxyl groups is 1. The van der Waals surface area contributed by atoms with E-state index in [1.807, 2.05) is 91.8 Å². The van der Waals surface area contributed by atoms with Crippen LogP contribution in [-0.2, 0) is 0 Å². The SMILES string of the molecule is CC.CC.CC.CC(C)Nc1cc(-c2c[nH]c(C(=O)NCCO)c2)c(Cl)cn1.CCC.Clc1ccccc1. The molecule has 0 aliphatic carbocycles. The highest BCUT2D eigenvalue weighted by molar-refractivity contribution is 6.33. The number of pyridine rings is 1. The van der Waals surface area contributed by atoms with E-state index in [2.05, 4.69) is 34.4 Å². The van der Waals surface area contributed by atoms with E-state index in [4.69, 9.17) is 28.3 Å². The van der Waals surface area contributed by atoms with Crippen LogP contribution in [0.4, 0.5) is 5.82 Å². The molecule has 6 nitrogen and oxygen atoms in total. The summed E-state index contributed by atoms with van der Waals surface area (Å²) in [6.45, 7) is 20.4. The van der Waals surface area contributed by atoms with E-state index in [1.54, 1.807) is 18.5 Å². The van der Waals surface area contributed by atoms with Gasteiger partial charge in [-0.05, 0) is 38.1 Å². The molecule has 216 valence electrons. The van der Waals surface area contributed by atoms with Crippen LogP contribution in [-0.4, -0.2) is 40.2 Å². The molecule has 3 aromatic rings. The van der Waals surface area contributed by atoms with Gasteiger partial charge in [0.15, 0.2) is 0 Å². The highest BCUT2D eigenvalue weighted by atomic mass is 35.5. The zero-order valence-electron chi connectivity index (χ0n) is 25.0. The number of nitrogens with one attached hydrogen (secondary N) is 3. The molecule has 0 fully saturated rings. The Labute approximate surface area is 241 Å². The molecule has 0 unspecified atom stereocenters. The summed E-state index contributed by atoms with van der Waals surface area (Å²) >= 11 is 11.7. The number of aromatic amines is 1. The summed E-state index contributed by atoms with van der Waals surface area (Å²) < 4.78 is 0. The normalized spacial score (nSPS) is 8.79. The molecule has 1 aromatic carbocycles. The fourth-order valence-electron chi connectivity index (χ4n) is 2.39. The van der Waals surface area contributed by atoms with Crippen LogP contribution in [0.25, 0.3) is 11.1 Å². The molecular formula is C30H50Cl2N4O2. The minimum Gasteiger partial charge on any atom is -0.395 e. The van der Waals surface area contributed by atoms with Crippen molar-refractivity contribution in [3.8, 4) is 11.1 Å². The molecule has 4 N–H and O–H groups in total.